The summed E-state index contributed by atoms with van der Waals surface area (Å²) in [4.78, 5) is 39.7. The molecular weight excluding hydrogens is 358 g/mol. The Hall–Kier alpha value is -1.79. The average molecular weight is 394 g/mol. The number of carbonyl (C=O) groups is 3. The minimum absolute atomic E-state index is 0.0678. The Morgan fingerprint density at radius 3 is 2.04 bits per heavy atom. The van der Waals surface area contributed by atoms with Gasteiger partial charge < -0.3 is 20.2 Å². The predicted molar refractivity (Wildman–Crippen MR) is 106 cm³/mol. The Morgan fingerprint density at radius 2 is 1.43 bits per heavy atom. The molecule has 7 nitrogen and oxygen atoms in total. The lowest BCUT2D eigenvalue weighted by atomic mass is 9.86. The number of carboxylic acid groups (broad SMARTS) is 1. The number of rotatable bonds is 5. The first-order valence-corrected chi connectivity index (χ1v) is 11.1. The molecule has 7 heteroatoms. The molecule has 1 aliphatic heterocycles. The van der Waals surface area contributed by atoms with Crippen LogP contribution in [0.3, 0.4) is 0 Å². The van der Waals surface area contributed by atoms with Crippen LogP contribution in [0.1, 0.15) is 70.6 Å². The van der Waals surface area contributed by atoms with Gasteiger partial charge in [-0.15, -0.1) is 0 Å². The number of hydrogen-bond acceptors (Lipinski definition) is 3. The normalized spacial score (nSPS) is 26.7. The first-order valence-electron chi connectivity index (χ1n) is 11.1. The Morgan fingerprint density at radius 1 is 0.821 bits per heavy atom. The molecule has 0 spiro atoms. The highest BCUT2D eigenvalue weighted by atomic mass is 16.4. The van der Waals surface area contributed by atoms with E-state index < -0.39 is 5.97 Å². The van der Waals surface area contributed by atoms with Crippen LogP contribution in [0.25, 0.3) is 0 Å². The van der Waals surface area contributed by atoms with Gasteiger partial charge in [0.1, 0.15) is 0 Å². The number of piperazine rings is 1. The van der Waals surface area contributed by atoms with Crippen molar-refractivity contribution in [3.63, 3.8) is 0 Å². The largest absolute Gasteiger partial charge is 0.481 e. The number of nitrogens with one attached hydrogen (secondary N) is 1. The maximum absolute atomic E-state index is 12.5. The molecule has 3 amide bonds. The van der Waals surface area contributed by atoms with Gasteiger partial charge in [-0.25, -0.2) is 4.79 Å². The van der Waals surface area contributed by atoms with E-state index in [9.17, 15) is 14.4 Å². The highest BCUT2D eigenvalue weighted by molar-refractivity contribution is 5.78. The van der Waals surface area contributed by atoms with Gasteiger partial charge in [0.15, 0.2) is 0 Å². The van der Waals surface area contributed by atoms with Gasteiger partial charge >= 0.3 is 12.0 Å². The Kier molecular flexibility index (Phi) is 7.57. The van der Waals surface area contributed by atoms with E-state index in [2.05, 4.69) is 5.32 Å². The lowest BCUT2D eigenvalue weighted by molar-refractivity contribution is -0.142. The highest BCUT2D eigenvalue weighted by Crippen LogP contribution is 2.27. The van der Waals surface area contributed by atoms with Gasteiger partial charge in [-0.3, -0.25) is 9.59 Å². The number of carboxylic acids is 1. The van der Waals surface area contributed by atoms with Gasteiger partial charge in [0, 0.05) is 38.6 Å². The van der Waals surface area contributed by atoms with E-state index in [1.165, 1.54) is 32.1 Å². The molecule has 3 aliphatic rings. The summed E-state index contributed by atoms with van der Waals surface area (Å²) in [6, 6.07) is -0.00802. The molecule has 1 heterocycles. The predicted octanol–water partition coefficient (Wildman–Crippen LogP) is 2.84. The van der Waals surface area contributed by atoms with E-state index >= 15 is 0 Å². The van der Waals surface area contributed by atoms with Crippen molar-refractivity contribution >= 4 is 17.9 Å². The Bertz CT molecular complexity index is 546. The molecule has 0 aromatic heterocycles. The van der Waals surface area contributed by atoms with Gasteiger partial charge in [0.05, 0.1) is 5.92 Å². The summed E-state index contributed by atoms with van der Waals surface area (Å²) >= 11 is 0. The van der Waals surface area contributed by atoms with Crippen LogP contribution in [-0.2, 0) is 9.59 Å². The Balaban J connectivity index is 1.33. The van der Waals surface area contributed by atoms with Gasteiger partial charge in [-0.1, -0.05) is 32.1 Å². The number of amides is 3. The molecule has 2 saturated carbocycles. The van der Waals surface area contributed by atoms with Gasteiger partial charge in [0.2, 0.25) is 5.91 Å². The van der Waals surface area contributed by atoms with Crippen LogP contribution in [0.15, 0.2) is 0 Å². The highest BCUT2D eigenvalue weighted by Gasteiger charge is 2.29. The SMILES string of the molecule is O=C(O)C1CCC(NC(=O)N2CCN(C(=O)CCC3CCCCC3)CC2)CC1. The van der Waals surface area contributed by atoms with Crippen LogP contribution >= 0.6 is 0 Å². The molecule has 0 aromatic rings. The second-order valence-electron chi connectivity index (χ2n) is 8.75. The summed E-state index contributed by atoms with van der Waals surface area (Å²) in [5, 5.41) is 12.1. The van der Waals surface area contributed by atoms with E-state index in [-0.39, 0.29) is 23.9 Å². The molecule has 3 fully saturated rings. The number of urea groups is 1. The first-order chi connectivity index (χ1) is 13.5. The third kappa shape index (κ3) is 5.85. The first kappa shape index (κ1) is 20.9. The van der Waals surface area contributed by atoms with Crippen molar-refractivity contribution in [2.24, 2.45) is 11.8 Å². The molecule has 158 valence electrons. The molecule has 1 saturated heterocycles. The lowest BCUT2D eigenvalue weighted by Crippen LogP contribution is -2.55. The molecule has 0 bridgehead atoms. The van der Waals surface area contributed by atoms with E-state index in [1.807, 2.05) is 4.90 Å². The van der Waals surface area contributed by atoms with Crippen LogP contribution in [0.5, 0.6) is 0 Å². The van der Waals surface area contributed by atoms with E-state index in [0.717, 1.165) is 25.2 Å². The fourth-order valence-corrected chi connectivity index (χ4v) is 4.87. The topological polar surface area (TPSA) is 89.9 Å². The summed E-state index contributed by atoms with van der Waals surface area (Å²) in [5.74, 6) is -0.0380. The second kappa shape index (κ2) is 10.1. The van der Waals surface area contributed by atoms with Crippen molar-refractivity contribution in [1.82, 2.24) is 15.1 Å². The minimum atomic E-state index is -0.728. The van der Waals surface area contributed by atoms with E-state index in [0.29, 0.717) is 45.4 Å². The summed E-state index contributed by atoms with van der Waals surface area (Å²) in [6.07, 6.45) is 10.9. The van der Waals surface area contributed by atoms with Crippen LogP contribution in [0.2, 0.25) is 0 Å². The van der Waals surface area contributed by atoms with Crippen molar-refractivity contribution in [2.45, 2.75) is 76.7 Å². The standard InChI is InChI=1S/C21H35N3O4/c25-19(11-6-16-4-2-1-3-5-16)23-12-14-24(15-13-23)21(28)22-18-9-7-17(8-10-18)20(26)27/h16-18H,1-15H2,(H,22,28)(H,26,27). The molecule has 0 unspecified atom stereocenters. The molecule has 3 rings (SSSR count). The zero-order valence-corrected chi connectivity index (χ0v) is 16.9. The summed E-state index contributed by atoms with van der Waals surface area (Å²) in [7, 11) is 0. The zero-order valence-electron chi connectivity index (χ0n) is 16.9. The second-order valence-corrected chi connectivity index (χ2v) is 8.75. The third-order valence-electron chi connectivity index (χ3n) is 6.81. The smallest absolute Gasteiger partial charge is 0.317 e. The summed E-state index contributed by atoms with van der Waals surface area (Å²) in [5.41, 5.74) is 0. The molecule has 2 N–H and O–H groups in total. The summed E-state index contributed by atoms with van der Waals surface area (Å²) in [6.45, 7) is 2.38. The minimum Gasteiger partial charge on any atom is -0.481 e. The maximum Gasteiger partial charge on any atom is 0.317 e. The number of hydrogen-bond donors (Lipinski definition) is 2. The van der Waals surface area contributed by atoms with Crippen molar-refractivity contribution in [2.75, 3.05) is 26.2 Å². The van der Waals surface area contributed by atoms with Crippen molar-refractivity contribution in [3.8, 4) is 0 Å². The zero-order chi connectivity index (χ0) is 19.9. The quantitative estimate of drug-likeness (QED) is 0.751. The van der Waals surface area contributed by atoms with E-state index in [1.54, 1.807) is 4.90 Å². The fraction of sp³-hybridized carbons (Fsp3) is 0.857. The number of aliphatic carboxylic acids is 1. The molecule has 0 aromatic carbocycles. The van der Waals surface area contributed by atoms with Crippen molar-refractivity contribution in [3.05, 3.63) is 0 Å². The van der Waals surface area contributed by atoms with Crippen LogP contribution in [0, 0.1) is 11.8 Å². The molecule has 2 aliphatic carbocycles. The van der Waals surface area contributed by atoms with E-state index in [4.69, 9.17) is 5.11 Å². The average Bonchev–Trinajstić information content (AvgIpc) is 2.73. The number of carbonyl (C=O) groups excluding carboxylic acids is 2. The summed E-state index contributed by atoms with van der Waals surface area (Å²) < 4.78 is 0. The third-order valence-corrected chi connectivity index (χ3v) is 6.81. The van der Waals surface area contributed by atoms with Crippen LogP contribution in [0.4, 0.5) is 4.79 Å². The molecule has 0 radical (unpaired) electrons. The van der Waals surface area contributed by atoms with Gasteiger partial charge in [0.25, 0.3) is 0 Å². The van der Waals surface area contributed by atoms with Crippen LogP contribution < -0.4 is 5.32 Å². The fourth-order valence-electron chi connectivity index (χ4n) is 4.87. The maximum atomic E-state index is 12.5. The van der Waals surface area contributed by atoms with Crippen molar-refractivity contribution < 1.29 is 19.5 Å². The number of nitrogens with zero attached hydrogens (tertiary/aromatic N) is 2. The monoisotopic (exact) mass is 393 g/mol. The lowest BCUT2D eigenvalue weighted by Gasteiger charge is -2.36. The molecule has 0 atom stereocenters. The molecule has 28 heavy (non-hydrogen) atoms. The van der Waals surface area contributed by atoms with Gasteiger partial charge in [-0.05, 0) is 38.0 Å². The Labute approximate surface area is 167 Å². The van der Waals surface area contributed by atoms with Gasteiger partial charge in [-0.2, -0.15) is 0 Å². The van der Waals surface area contributed by atoms with Crippen molar-refractivity contribution in [1.29, 1.82) is 0 Å². The van der Waals surface area contributed by atoms with Crippen LogP contribution in [-0.4, -0.2) is 65.0 Å². The molecular formula is C21H35N3O4.